The Morgan fingerprint density at radius 3 is 1.63 bits per heavy atom. The maximum Gasteiger partial charge on any atom is 0.246 e. The number of nitrogens with one attached hydrogen (secondary N) is 2. The van der Waals surface area contributed by atoms with Crippen LogP contribution in [0.15, 0.2) is 0 Å². The molecule has 2 N–H and O–H groups in total. The van der Waals surface area contributed by atoms with Gasteiger partial charge in [0.25, 0.3) is 0 Å². The molecule has 0 atom stereocenters. The van der Waals surface area contributed by atoms with Crippen LogP contribution in [0, 0.1) is 23.2 Å². The standard InChI is InChI=1S/C30H53ClN2O7.CH4/c31-5-3-1-2-4-8-36-11-12-38-10-7-33-29(35)24-40-16-15-39-14-13-37-9-6-32-28(34)23-30-20-25-17-26(21-30)19-27(18-25)22-30;/h25-27H,1-24H2,(H,32,34)(H,33,35);1H4. The molecule has 0 aromatic rings. The molecule has 4 aliphatic carbocycles. The Labute approximate surface area is 253 Å². The van der Waals surface area contributed by atoms with Gasteiger partial charge in [-0.25, -0.2) is 0 Å². The second-order valence-electron chi connectivity index (χ2n) is 11.9. The summed E-state index contributed by atoms with van der Waals surface area (Å²) in [4.78, 5) is 24.3. The first-order valence-electron chi connectivity index (χ1n) is 15.6. The summed E-state index contributed by atoms with van der Waals surface area (Å²) in [6.07, 6.45) is 13.1. The second-order valence-corrected chi connectivity index (χ2v) is 12.3. The van der Waals surface area contributed by atoms with Crippen molar-refractivity contribution in [3.05, 3.63) is 0 Å². The van der Waals surface area contributed by atoms with Gasteiger partial charge in [0, 0.05) is 32.0 Å². The Hall–Kier alpha value is -0.970. The lowest BCUT2D eigenvalue weighted by Crippen LogP contribution is -2.48. The minimum atomic E-state index is -0.176. The van der Waals surface area contributed by atoms with Crippen molar-refractivity contribution >= 4 is 23.4 Å². The van der Waals surface area contributed by atoms with Gasteiger partial charge in [0.05, 0.1) is 52.9 Å². The largest absolute Gasteiger partial charge is 0.379 e. The Morgan fingerprint density at radius 2 is 1.07 bits per heavy atom. The highest BCUT2D eigenvalue weighted by atomic mass is 35.5. The molecule has 41 heavy (non-hydrogen) atoms. The van der Waals surface area contributed by atoms with E-state index in [4.69, 9.17) is 35.3 Å². The summed E-state index contributed by atoms with van der Waals surface area (Å²) < 4.78 is 27.3. The lowest BCUT2D eigenvalue weighted by Gasteiger charge is -2.56. The Bertz CT molecular complexity index is 677. The number of ether oxygens (including phenoxy) is 5. The van der Waals surface area contributed by atoms with Gasteiger partial charge in [-0.3, -0.25) is 9.59 Å². The van der Waals surface area contributed by atoms with Gasteiger partial charge < -0.3 is 34.3 Å². The highest BCUT2D eigenvalue weighted by molar-refractivity contribution is 6.17. The van der Waals surface area contributed by atoms with Crippen LogP contribution in [0.4, 0.5) is 0 Å². The predicted molar refractivity (Wildman–Crippen MR) is 161 cm³/mol. The number of hydrogen-bond donors (Lipinski definition) is 2. The molecule has 4 aliphatic rings. The summed E-state index contributed by atoms with van der Waals surface area (Å²) in [5, 5.41) is 5.80. The number of unbranched alkanes of at least 4 members (excludes halogenated alkanes) is 3. The maximum absolute atomic E-state index is 12.5. The summed E-state index contributed by atoms with van der Waals surface area (Å²) in [6.45, 7) is 5.39. The van der Waals surface area contributed by atoms with E-state index in [1.807, 2.05) is 0 Å². The minimum absolute atomic E-state index is 0. The van der Waals surface area contributed by atoms with Gasteiger partial charge in [-0.2, -0.15) is 0 Å². The molecule has 0 unspecified atom stereocenters. The number of carbonyl (C=O) groups is 2. The van der Waals surface area contributed by atoms with E-state index in [-0.39, 0.29) is 31.3 Å². The highest BCUT2D eigenvalue weighted by Crippen LogP contribution is 2.61. The molecule has 4 saturated carbocycles. The Kier molecular flexibility index (Phi) is 19.2. The summed E-state index contributed by atoms with van der Waals surface area (Å²) in [6, 6.07) is 0. The SMILES string of the molecule is C.O=C(COCCOCCOCCNC(=O)CC12CC3CC(CC(C3)C1)C2)NCCOCCOCCCCCCCl. The fourth-order valence-corrected chi connectivity index (χ4v) is 7.25. The molecule has 0 radical (unpaired) electrons. The number of halogens is 1. The lowest BCUT2D eigenvalue weighted by atomic mass is 9.49. The fraction of sp³-hybridized carbons (Fsp3) is 0.935. The predicted octanol–water partition coefficient (Wildman–Crippen LogP) is 4.34. The van der Waals surface area contributed by atoms with Gasteiger partial charge in [-0.05, 0) is 74.5 Å². The van der Waals surface area contributed by atoms with E-state index >= 15 is 0 Å². The van der Waals surface area contributed by atoms with Crippen molar-refractivity contribution in [1.82, 2.24) is 10.6 Å². The zero-order chi connectivity index (χ0) is 28.3. The normalized spacial score (nSPS) is 24.3. The zero-order valence-electron chi connectivity index (χ0n) is 24.4. The average Bonchev–Trinajstić information content (AvgIpc) is 2.91. The lowest BCUT2D eigenvalue weighted by molar-refractivity contribution is -0.129. The van der Waals surface area contributed by atoms with Crippen LogP contribution in [0.5, 0.6) is 0 Å². The molecule has 0 saturated heterocycles. The van der Waals surface area contributed by atoms with Gasteiger partial charge in [-0.1, -0.05) is 20.3 Å². The molecule has 2 amide bonds. The maximum atomic E-state index is 12.5. The first-order valence-corrected chi connectivity index (χ1v) is 16.1. The van der Waals surface area contributed by atoms with Gasteiger partial charge in [0.2, 0.25) is 11.8 Å². The van der Waals surface area contributed by atoms with Crippen LogP contribution in [-0.4, -0.2) is 96.9 Å². The molecule has 4 fully saturated rings. The number of carbonyl (C=O) groups excluding carboxylic acids is 2. The van der Waals surface area contributed by atoms with E-state index in [0.29, 0.717) is 72.4 Å². The van der Waals surface area contributed by atoms with Crippen molar-refractivity contribution in [3.63, 3.8) is 0 Å². The van der Waals surface area contributed by atoms with Crippen LogP contribution < -0.4 is 10.6 Å². The number of alkyl halides is 1. The average molecular weight is 605 g/mol. The van der Waals surface area contributed by atoms with Crippen LogP contribution in [0.2, 0.25) is 0 Å². The minimum Gasteiger partial charge on any atom is -0.379 e. The molecular formula is C31H57ClN2O7. The van der Waals surface area contributed by atoms with Crippen molar-refractivity contribution in [2.24, 2.45) is 23.2 Å². The van der Waals surface area contributed by atoms with E-state index in [9.17, 15) is 9.59 Å². The quantitative estimate of drug-likeness (QED) is 0.118. The van der Waals surface area contributed by atoms with E-state index in [1.54, 1.807) is 0 Å². The summed E-state index contributed by atoms with van der Waals surface area (Å²) in [7, 11) is 0. The molecule has 4 bridgehead atoms. The molecule has 0 spiro atoms. The van der Waals surface area contributed by atoms with Gasteiger partial charge in [-0.15, -0.1) is 11.6 Å². The Morgan fingerprint density at radius 1 is 0.610 bits per heavy atom. The van der Waals surface area contributed by atoms with Crippen molar-refractivity contribution in [2.45, 2.75) is 78.1 Å². The number of hydrogen-bond acceptors (Lipinski definition) is 7. The molecule has 4 rings (SSSR count). The second kappa shape index (κ2) is 21.7. The van der Waals surface area contributed by atoms with Crippen molar-refractivity contribution in [2.75, 3.05) is 85.0 Å². The van der Waals surface area contributed by atoms with Crippen LogP contribution in [0.3, 0.4) is 0 Å². The first-order chi connectivity index (χ1) is 19.6. The molecule has 0 aliphatic heterocycles. The van der Waals surface area contributed by atoms with Crippen molar-refractivity contribution in [1.29, 1.82) is 0 Å². The molecule has 240 valence electrons. The molecule has 9 nitrogen and oxygen atoms in total. The molecule has 10 heteroatoms. The van der Waals surface area contributed by atoms with Crippen molar-refractivity contribution in [3.8, 4) is 0 Å². The first kappa shape index (κ1) is 36.2. The molecule has 0 heterocycles. The van der Waals surface area contributed by atoms with Crippen LogP contribution in [-0.2, 0) is 33.3 Å². The van der Waals surface area contributed by atoms with Crippen LogP contribution >= 0.6 is 11.6 Å². The topological polar surface area (TPSA) is 104 Å². The fourth-order valence-electron chi connectivity index (χ4n) is 7.06. The van der Waals surface area contributed by atoms with E-state index in [1.165, 1.54) is 38.5 Å². The third kappa shape index (κ3) is 15.4. The monoisotopic (exact) mass is 604 g/mol. The van der Waals surface area contributed by atoms with Gasteiger partial charge in [0.1, 0.15) is 6.61 Å². The molecular weight excluding hydrogens is 548 g/mol. The molecule has 0 aromatic heterocycles. The van der Waals surface area contributed by atoms with Crippen molar-refractivity contribution < 1.29 is 33.3 Å². The van der Waals surface area contributed by atoms with Gasteiger partial charge >= 0.3 is 0 Å². The van der Waals surface area contributed by atoms with E-state index in [2.05, 4.69) is 10.6 Å². The smallest absolute Gasteiger partial charge is 0.246 e. The summed E-state index contributed by atoms with van der Waals surface area (Å²) in [5.74, 6) is 3.35. The number of amides is 2. The summed E-state index contributed by atoms with van der Waals surface area (Å²) in [5.41, 5.74) is 0.282. The van der Waals surface area contributed by atoms with E-state index < -0.39 is 0 Å². The van der Waals surface area contributed by atoms with Gasteiger partial charge in [0.15, 0.2) is 0 Å². The number of rotatable bonds is 25. The zero-order valence-corrected chi connectivity index (χ0v) is 25.2. The summed E-state index contributed by atoms with van der Waals surface area (Å²) >= 11 is 5.65. The third-order valence-corrected chi connectivity index (χ3v) is 8.63. The third-order valence-electron chi connectivity index (χ3n) is 8.36. The van der Waals surface area contributed by atoms with Crippen LogP contribution in [0.25, 0.3) is 0 Å². The highest BCUT2D eigenvalue weighted by Gasteiger charge is 2.51. The Balaban J connectivity index is 0.00000588. The molecule has 0 aromatic carbocycles. The van der Waals surface area contributed by atoms with Crippen LogP contribution in [0.1, 0.15) is 78.1 Å². The van der Waals surface area contributed by atoms with E-state index in [0.717, 1.165) is 55.9 Å².